The molecule has 0 spiro atoms. The molecule has 0 bridgehead atoms. The number of para-hydroxylation sites is 4. The smallest absolute Gasteiger partial charge is 0.164 e. The molecular weight excluding hydrogens is 937 g/mol. The van der Waals surface area contributed by atoms with E-state index in [2.05, 4.69) is 101 Å². The largest absolute Gasteiger partial charge is 0.453 e. The Morgan fingerprint density at radius 1 is 0.211 bits per heavy atom. The summed E-state index contributed by atoms with van der Waals surface area (Å²) in [5.74, 6) is 6.64. The van der Waals surface area contributed by atoms with E-state index in [4.69, 9.17) is 39.4 Å². The van der Waals surface area contributed by atoms with Crippen LogP contribution in [0.4, 0.5) is 34.1 Å². The van der Waals surface area contributed by atoms with Crippen LogP contribution in [0.25, 0.3) is 79.5 Å². The standard InChI is InChI=1S/C66H42N8O2/c1-5-17-43(18-6-1)61-67-62(44-19-7-2-8-20-44)70-65(69-61)47-29-35-51(36-30-47)73-53-25-13-16-28-58(53)76-60-42-50(33-39-55(60)73)49-34-40-59-56(41-49)74(54-26-14-15-27-57(54)75-59)52-37-31-48(32-38-52)66-71-63(45-21-9-3-10-22-45)68-64(72-66)46-23-11-4-12-24-46/h1-42H. The van der Waals surface area contributed by atoms with E-state index in [0.717, 1.165) is 102 Å². The molecule has 12 aromatic rings. The normalized spacial score (nSPS) is 12.1. The number of benzene rings is 10. The van der Waals surface area contributed by atoms with Gasteiger partial charge in [0, 0.05) is 44.8 Å². The predicted octanol–water partition coefficient (Wildman–Crippen LogP) is 16.9. The van der Waals surface area contributed by atoms with Crippen molar-refractivity contribution in [3.63, 3.8) is 0 Å². The van der Waals surface area contributed by atoms with Crippen molar-refractivity contribution in [2.45, 2.75) is 0 Å². The second-order valence-corrected chi connectivity index (χ2v) is 18.3. The highest BCUT2D eigenvalue weighted by molar-refractivity contribution is 5.91. The molecule has 0 unspecified atom stereocenters. The topological polar surface area (TPSA) is 102 Å². The molecule has 10 aromatic carbocycles. The van der Waals surface area contributed by atoms with Gasteiger partial charge in [-0.15, -0.1) is 0 Å². The van der Waals surface area contributed by atoms with E-state index in [1.165, 1.54) is 0 Å². The van der Waals surface area contributed by atoms with E-state index >= 15 is 0 Å². The third kappa shape index (κ3) is 8.22. The quantitative estimate of drug-likeness (QED) is 0.139. The molecule has 0 aliphatic carbocycles. The molecule has 0 saturated carbocycles. The van der Waals surface area contributed by atoms with Crippen LogP contribution >= 0.6 is 0 Å². The molecule has 0 N–H and O–H groups in total. The summed E-state index contributed by atoms with van der Waals surface area (Å²) in [5.41, 5.74) is 13.0. The van der Waals surface area contributed by atoms with Gasteiger partial charge in [-0.3, -0.25) is 0 Å². The first-order chi connectivity index (χ1) is 37.6. The zero-order valence-electron chi connectivity index (χ0n) is 40.6. The van der Waals surface area contributed by atoms with E-state index in [0.29, 0.717) is 34.9 Å². The molecule has 10 heteroatoms. The van der Waals surface area contributed by atoms with Crippen LogP contribution in [0, 0.1) is 0 Å². The molecule has 2 aromatic heterocycles. The van der Waals surface area contributed by atoms with Gasteiger partial charge in [0.2, 0.25) is 0 Å². The minimum atomic E-state index is 0.590. The number of rotatable bonds is 9. The van der Waals surface area contributed by atoms with Crippen LogP contribution < -0.4 is 19.3 Å². The van der Waals surface area contributed by atoms with Gasteiger partial charge in [-0.1, -0.05) is 158 Å². The molecule has 2 aliphatic rings. The van der Waals surface area contributed by atoms with Crippen molar-refractivity contribution < 1.29 is 9.47 Å². The number of hydrogen-bond donors (Lipinski definition) is 0. The van der Waals surface area contributed by atoms with Gasteiger partial charge in [0.15, 0.2) is 57.9 Å². The number of nitrogens with zero attached hydrogens (tertiary/aromatic N) is 8. The zero-order valence-corrected chi connectivity index (χ0v) is 40.6. The van der Waals surface area contributed by atoms with Crippen LogP contribution in [0.5, 0.6) is 23.0 Å². The second-order valence-electron chi connectivity index (χ2n) is 18.3. The Labute approximate surface area is 438 Å². The molecule has 0 fully saturated rings. The molecule has 10 nitrogen and oxygen atoms in total. The summed E-state index contributed by atoms with van der Waals surface area (Å²) < 4.78 is 13.3. The summed E-state index contributed by atoms with van der Waals surface area (Å²) in [4.78, 5) is 34.2. The molecule has 0 radical (unpaired) electrons. The molecule has 76 heavy (non-hydrogen) atoms. The van der Waals surface area contributed by atoms with Crippen LogP contribution in [-0.4, -0.2) is 29.9 Å². The van der Waals surface area contributed by atoms with Crippen molar-refractivity contribution in [2.75, 3.05) is 9.80 Å². The first-order valence-electron chi connectivity index (χ1n) is 25.0. The second kappa shape index (κ2) is 18.8. The fourth-order valence-electron chi connectivity index (χ4n) is 9.82. The van der Waals surface area contributed by atoms with Gasteiger partial charge in [0.25, 0.3) is 0 Å². The molecule has 4 heterocycles. The third-order valence-electron chi connectivity index (χ3n) is 13.6. The molecular formula is C66H42N8O2. The van der Waals surface area contributed by atoms with Crippen LogP contribution in [0.2, 0.25) is 0 Å². The SMILES string of the molecule is c1ccc(-c2nc(-c3ccccc3)nc(-c3ccc(N4c5ccccc5Oc5cc(-c6ccc7c(c6)N(c6ccc(-c8nc(-c9ccccc9)nc(-c9ccccc9)n8)cc6)c6ccccc6O7)ccc54)cc3)n2)cc1. The maximum Gasteiger partial charge on any atom is 0.164 e. The average Bonchev–Trinajstić information content (AvgIpc) is 3.54. The van der Waals surface area contributed by atoms with Crippen molar-refractivity contribution in [3.8, 4) is 102 Å². The van der Waals surface area contributed by atoms with Gasteiger partial charge in [0.1, 0.15) is 0 Å². The lowest BCUT2D eigenvalue weighted by atomic mass is 10.0. The zero-order chi connectivity index (χ0) is 50.4. The van der Waals surface area contributed by atoms with Crippen LogP contribution in [0.15, 0.2) is 255 Å². The maximum absolute atomic E-state index is 6.74. The summed E-state index contributed by atoms with van der Waals surface area (Å²) in [5, 5.41) is 0. The Balaban J connectivity index is 0.802. The number of fused-ring (bicyclic) bond motifs is 4. The van der Waals surface area contributed by atoms with Gasteiger partial charge >= 0.3 is 0 Å². The predicted molar refractivity (Wildman–Crippen MR) is 301 cm³/mol. The molecule has 14 rings (SSSR count). The minimum Gasteiger partial charge on any atom is -0.453 e. The van der Waals surface area contributed by atoms with Crippen molar-refractivity contribution in [3.05, 3.63) is 255 Å². The first kappa shape index (κ1) is 44.1. The van der Waals surface area contributed by atoms with Crippen molar-refractivity contribution in [2.24, 2.45) is 0 Å². The number of anilines is 6. The Kier molecular flexibility index (Phi) is 10.9. The number of ether oxygens (including phenoxy) is 2. The number of aromatic nitrogens is 6. The highest BCUT2D eigenvalue weighted by Gasteiger charge is 2.29. The number of hydrogen-bond acceptors (Lipinski definition) is 10. The third-order valence-corrected chi connectivity index (χ3v) is 13.6. The van der Waals surface area contributed by atoms with Crippen LogP contribution in [0.3, 0.4) is 0 Å². The molecule has 2 aliphatic heterocycles. The Hall–Kier alpha value is -10.6. The lowest BCUT2D eigenvalue weighted by molar-refractivity contribution is 0.477. The molecule has 0 atom stereocenters. The van der Waals surface area contributed by atoms with Gasteiger partial charge in [0.05, 0.1) is 22.7 Å². The Morgan fingerprint density at radius 3 is 0.921 bits per heavy atom. The van der Waals surface area contributed by atoms with Crippen molar-refractivity contribution in [1.82, 2.24) is 29.9 Å². The van der Waals surface area contributed by atoms with Crippen molar-refractivity contribution >= 4 is 34.1 Å². The lowest BCUT2D eigenvalue weighted by Crippen LogP contribution is -2.16. The van der Waals surface area contributed by atoms with E-state index in [1.54, 1.807) is 0 Å². The highest BCUT2D eigenvalue weighted by atomic mass is 16.5. The van der Waals surface area contributed by atoms with Gasteiger partial charge in [-0.2, -0.15) is 0 Å². The molecule has 0 amide bonds. The van der Waals surface area contributed by atoms with Gasteiger partial charge in [-0.05, 0) is 108 Å². The summed E-state index contributed by atoms with van der Waals surface area (Å²) in [7, 11) is 0. The Morgan fingerprint density at radius 2 is 0.500 bits per heavy atom. The monoisotopic (exact) mass is 978 g/mol. The van der Waals surface area contributed by atoms with Gasteiger partial charge < -0.3 is 19.3 Å². The fraction of sp³-hybridized carbons (Fsp3) is 0. The average molecular weight is 979 g/mol. The van der Waals surface area contributed by atoms with E-state index in [9.17, 15) is 0 Å². The summed E-state index contributed by atoms with van der Waals surface area (Å²) >= 11 is 0. The first-order valence-corrected chi connectivity index (χ1v) is 25.0. The van der Waals surface area contributed by atoms with Gasteiger partial charge in [-0.25, -0.2) is 29.9 Å². The van der Waals surface area contributed by atoms with E-state index in [-0.39, 0.29) is 0 Å². The van der Waals surface area contributed by atoms with Crippen molar-refractivity contribution in [1.29, 1.82) is 0 Å². The highest BCUT2D eigenvalue weighted by Crippen LogP contribution is 2.54. The summed E-state index contributed by atoms with van der Waals surface area (Å²) in [6, 6.07) is 85.8. The fourth-order valence-corrected chi connectivity index (χ4v) is 9.82. The molecule has 0 saturated heterocycles. The molecule has 358 valence electrons. The minimum absolute atomic E-state index is 0.590. The lowest BCUT2D eigenvalue weighted by Gasteiger charge is -2.34. The summed E-state index contributed by atoms with van der Waals surface area (Å²) in [6.07, 6.45) is 0. The van der Waals surface area contributed by atoms with E-state index < -0.39 is 0 Å². The Bertz CT molecular complexity index is 3990. The maximum atomic E-state index is 6.74. The van der Waals surface area contributed by atoms with Crippen LogP contribution in [0.1, 0.15) is 0 Å². The van der Waals surface area contributed by atoms with Crippen LogP contribution in [-0.2, 0) is 0 Å². The summed E-state index contributed by atoms with van der Waals surface area (Å²) in [6.45, 7) is 0. The van der Waals surface area contributed by atoms with E-state index in [1.807, 2.05) is 164 Å².